The molecule has 122 valence electrons. The Labute approximate surface area is 140 Å². The number of carbonyl (C=O) groups excluding carboxylic acids is 1. The smallest absolute Gasteiger partial charge is 0.416 e. The average Bonchev–Trinajstić information content (AvgIpc) is 2.44. The number of alkyl halides is 3. The van der Waals surface area contributed by atoms with Crippen LogP contribution in [0.25, 0.3) is 0 Å². The summed E-state index contributed by atoms with van der Waals surface area (Å²) in [4.78, 5) is 10.5. The number of halogens is 6. The molecule has 0 bridgehead atoms. The Morgan fingerprint density at radius 3 is 2.22 bits per heavy atom. The summed E-state index contributed by atoms with van der Waals surface area (Å²) in [6.45, 7) is 0. The highest BCUT2D eigenvalue weighted by Gasteiger charge is 2.33. The topological polar surface area (TPSA) is 38.3 Å². The molecule has 0 aliphatic heterocycles. The van der Waals surface area contributed by atoms with Gasteiger partial charge in [-0.1, -0.05) is 0 Å². The molecule has 0 aliphatic rings. The second-order valence-corrected chi connectivity index (χ2v) is 5.52. The number of benzene rings is 2. The molecule has 0 atom stereocenters. The lowest BCUT2D eigenvalue weighted by atomic mass is 10.2. The van der Waals surface area contributed by atoms with E-state index in [-0.39, 0.29) is 23.6 Å². The molecule has 0 fully saturated rings. The summed E-state index contributed by atoms with van der Waals surface area (Å²) >= 11 is 1.93. The van der Waals surface area contributed by atoms with Gasteiger partial charge in [-0.25, -0.2) is 8.78 Å². The number of rotatable bonds is 4. The van der Waals surface area contributed by atoms with Crippen LogP contribution in [-0.2, 0) is 11.0 Å². The molecule has 2 aromatic carbocycles. The maximum atomic E-state index is 13.8. The lowest BCUT2D eigenvalue weighted by Crippen LogP contribution is -2.07. The van der Waals surface area contributed by atoms with E-state index in [0.717, 1.165) is 0 Å². The maximum Gasteiger partial charge on any atom is 0.416 e. The zero-order valence-electron chi connectivity index (χ0n) is 11.0. The molecule has 3 nitrogen and oxygen atoms in total. The monoisotopic (exact) mass is 443 g/mol. The molecule has 0 unspecified atom stereocenters. The maximum absolute atomic E-state index is 13.8. The van der Waals surface area contributed by atoms with Gasteiger partial charge in [0.2, 0.25) is 6.41 Å². The van der Waals surface area contributed by atoms with Crippen LogP contribution in [0.15, 0.2) is 30.3 Å². The zero-order valence-corrected chi connectivity index (χ0v) is 13.2. The van der Waals surface area contributed by atoms with Crippen molar-refractivity contribution in [1.82, 2.24) is 0 Å². The van der Waals surface area contributed by atoms with E-state index in [0.29, 0.717) is 9.98 Å². The molecule has 2 rings (SSSR count). The van der Waals surface area contributed by atoms with Crippen LogP contribution in [-0.4, -0.2) is 6.41 Å². The molecule has 1 N–H and O–H groups in total. The van der Waals surface area contributed by atoms with Gasteiger partial charge < -0.3 is 10.1 Å². The number of carbonyl (C=O) groups is 1. The van der Waals surface area contributed by atoms with Crippen molar-refractivity contribution in [1.29, 1.82) is 0 Å². The van der Waals surface area contributed by atoms with Crippen LogP contribution in [0.1, 0.15) is 5.56 Å². The summed E-state index contributed by atoms with van der Waals surface area (Å²) in [5.41, 5.74) is -1.35. The van der Waals surface area contributed by atoms with Crippen molar-refractivity contribution in [3.8, 4) is 11.5 Å². The fourth-order valence-electron chi connectivity index (χ4n) is 1.70. The second kappa shape index (κ2) is 6.69. The molecular formula is C14H7F5INO2. The first-order valence-electron chi connectivity index (χ1n) is 5.96. The van der Waals surface area contributed by atoms with Crippen LogP contribution in [0, 0.1) is 15.2 Å². The fraction of sp³-hybridized carbons (Fsp3) is 0.0714. The lowest BCUT2D eigenvalue weighted by Gasteiger charge is -2.14. The summed E-state index contributed by atoms with van der Waals surface area (Å²) < 4.78 is 70.7. The van der Waals surface area contributed by atoms with E-state index < -0.39 is 29.1 Å². The summed E-state index contributed by atoms with van der Waals surface area (Å²) in [6.07, 6.45) is -4.55. The molecule has 0 spiro atoms. The SMILES string of the molecule is O=CNc1cc(I)ccc1Oc1c(F)cc(C(F)(F)F)cc1F. The fourth-order valence-corrected chi connectivity index (χ4v) is 2.19. The van der Waals surface area contributed by atoms with E-state index in [1.807, 2.05) is 22.6 Å². The molecule has 1 amide bonds. The minimum atomic E-state index is -4.88. The van der Waals surface area contributed by atoms with E-state index >= 15 is 0 Å². The van der Waals surface area contributed by atoms with Crippen molar-refractivity contribution >= 4 is 34.7 Å². The number of ether oxygens (including phenoxy) is 1. The van der Waals surface area contributed by atoms with Gasteiger partial charge in [0.1, 0.15) is 0 Å². The van der Waals surface area contributed by atoms with Crippen molar-refractivity contribution in [2.45, 2.75) is 6.18 Å². The highest BCUT2D eigenvalue weighted by atomic mass is 127. The van der Waals surface area contributed by atoms with Gasteiger partial charge in [-0.3, -0.25) is 4.79 Å². The van der Waals surface area contributed by atoms with Crippen LogP contribution in [0.3, 0.4) is 0 Å². The molecule has 9 heteroatoms. The third kappa shape index (κ3) is 4.09. The Bertz CT molecular complexity index is 725. The lowest BCUT2D eigenvalue weighted by molar-refractivity contribution is -0.138. The summed E-state index contributed by atoms with van der Waals surface area (Å²) in [5, 5.41) is 2.28. The van der Waals surface area contributed by atoms with Gasteiger partial charge in [-0.15, -0.1) is 0 Å². The first-order chi connectivity index (χ1) is 10.7. The molecule has 0 heterocycles. The Kier molecular flexibility index (Phi) is 5.07. The molecular weight excluding hydrogens is 436 g/mol. The van der Waals surface area contributed by atoms with Crippen molar-refractivity contribution < 1.29 is 31.5 Å². The second-order valence-electron chi connectivity index (χ2n) is 4.27. The average molecular weight is 443 g/mol. The quantitative estimate of drug-likeness (QED) is 0.413. The van der Waals surface area contributed by atoms with Gasteiger partial charge in [0.15, 0.2) is 23.1 Å². The molecule has 0 saturated heterocycles. The number of nitrogens with one attached hydrogen (secondary N) is 1. The van der Waals surface area contributed by atoms with Crippen molar-refractivity contribution in [3.63, 3.8) is 0 Å². The first-order valence-corrected chi connectivity index (χ1v) is 7.04. The predicted octanol–water partition coefficient (Wildman–Crippen LogP) is 4.95. The third-order valence-corrected chi connectivity index (χ3v) is 3.36. The Morgan fingerprint density at radius 1 is 1.09 bits per heavy atom. The minimum Gasteiger partial charge on any atom is -0.449 e. The standard InChI is InChI=1S/C14H7F5INO2/c15-9-3-7(14(17,18)19)4-10(16)13(9)23-12-2-1-8(20)5-11(12)21-6-22/h1-6H,(H,21,22). The first kappa shape index (κ1) is 17.4. The van der Waals surface area contributed by atoms with E-state index in [1.54, 1.807) is 0 Å². The molecule has 0 aromatic heterocycles. The normalized spacial score (nSPS) is 11.2. The van der Waals surface area contributed by atoms with E-state index in [2.05, 4.69) is 5.32 Å². The largest absolute Gasteiger partial charge is 0.449 e. The highest BCUT2D eigenvalue weighted by Crippen LogP contribution is 2.37. The molecule has 0 saturated carbocycles. The van der Waals surface area contributed by atoms with Gasteiger partial charge in [0.25, 0.3) is 0 Å². The zero-order chi connectivity index (χ0) is 17.2. The number of hydrogen-bond acceptors (Lipinski definition) is 2. The van der Waals surface area contributed by atoms with Gasteiger partial charge in [-0.2, -0.15) is 13.2 Å². The molecule has 0 aliphatic carbocycles. The molecule has 2 aromatic rings. The van der Waals surface area contributed by atoms with Gasteiger partial charge in [-0.05, 0) is 52.9 Å². The third-order valence-electron chi connectivity index (χ3n) is 2.69. The Hall–Kier alpha value is -1.91. The molecule has 0 radical (unpaired) electrons. The number of amides is 1. The molecule has 23 heavy (non-hydrogen) atoms. The minimum absolute atomic E-state index is 0.116. The van der Waals surface area contributed by atoms with Crippen molar-refractivity contribution in [2.75, 3.05) is 5.32 Å². The van der Waals surface area contributed by atoms with Gasteiger partial charge >= 0.3 is 6.18 Å². The summed E-state index contributed by atoms with van der Waals surface area (Å²) in [6, 6.07) is 4.59. The summed E-state index contributed by atoms with van der Waals surface area (Å²) in [5.74, 6) is -4.12. The van der Waals surface area contributed by atoms with Crippen LogP contribution < -0.4 is 10.1 Å². The van der Waals surface area contributed by atoms with E-state index in [9.17, 15) is 26.7 Å². The van der Waals surface area contributed by atoms with Crippen molar-refractivity contribution in [2.24, 2.45) is 0 Å². The van der Waals surface area contributed by atoms with Crippen LogP contribution in [0.2, 0.25) is 0 Å². The van der Waals surface area contributed by atoms with Gasteiger partial charge in [0.05, 0.1) is 11.3 Å². The van der Waals surface area contributed by atoms with Gasteiger partial charge in [0, 0.05) is 3.57 Å². The highest BCUT2D eigenvalue weighted by molar-refractivity contribution is 14.1. The van der Waals surface area contributed by atoms with E-state index in [1.165, 1.54) is 18.2 Å². The Balaban J connectivity index is 2.43. The predicted molar refractivity (Wildman–Crippen MR) is 80.3 cm³/mol. The van der Waals surface area contributed by atoms with E-state index in [4.69, 9.17) is 4.74 Å². The van der Waals surface area contributed by atoms with Crippen LogP contribution >= 0.6 is 22.6 Å². The number of anilines is 1. The van der Waals surface area contributed by atoms with Crippen LogP contribution in [0.4, 0.5) is 27.6 Å². The Morgan fingerprint density at radius 2 is 1.70 bits per heavy atom. The van der Waals surface area contributed by atoms with Crippen molar-refractivity contribution in [3.05, 3.63) is 51.1 Å². The number of hydrogen-bond donors (Lipinski definition) is 1. The van der Waals surface area contributed by atoms with Crippen LogP contribution in [0.5, 0.6) is 11.5 Å². The summed E-state index contributed by atoms with van der Waals surface area (Å²) in [7, 11) is 0.